The molecule has 0 fully saturated rings. The maximum absolute atomic E-state index is 13.1. The summed E-state index contributed by atoms with van der Waals surface area (Å²) in [5.74, 6) is -0.859. The van der Waals surface area contributed by atoms with Gasteiger partial charge in [-0.1, -0.05) is 66.7 Å². The first kappa shape index (κ1) is 20.6. The number of aromatic nitrogens is 1. The van der Waals surface area contributed by atoms with Crippen molar-refractivity contribution in [1.29, 1.82) is 0 Å². The molecule has 1 aromatic heterocycles. The third kappa shape index (κ3) is 4.01. The molecule has 1 N–H and O–H groups in total. The number of nitrogens with zero attached hydrogens (tertiary/aromatic N) is 1. The molecule has 0 radical (unpaired) electrons. The average molecular weight is 434 g/mol. The monoisotopic (exact) mass is 434 g/mol. The van der Waals surface area contributed by atoms with Crippen LogP contribution in [-0.4, -0.2) is 30.0 Å². The van der Waals surface area contributed by atoms with Gasteiger partial charge in [0.1, 0.15) is 6.04 Å². The Morgan fingerprint density at radius 3 is 2.12 bits per heavy atom. The fourth-order valence-electron chi connectivity index (χ4n) is 4.30. The molecule has 4 aromatic carbocycles. The van der Waals surface area contributed by atoms with Gasteiger partial charge >= 0.3 is 5.97 Å². The Bertz CT molecular complexity index is 1460. The van der Waals surface area contributed by atoms with Gasteiger partial charge in [-0.05, 0) is 45.3 Å². The van der Waals surface area contributed by atoms with Gasteiger partial charge in [0.25, 0.3) is 5.91 Å². The van der Waals surface area contributed by atoms with E-state index < -0.39 is 12.0 Å². The SMILES string of the molecule is COC(=O)[C@H](Cc1c2ccccc2cc2ccccc12)NC(=O)c1cnc2ccccc2c1. The van der Waals surface area contributed by atoms with Crippen molar-refractivity contribution in [2.45, 2.75) is 12.5 Å². The van der Waals surface area contributed by atoms with Crippen molar-refractivity contribution < 1.29 is 14.3 Å². The lowest BCUT2D eigenvalue weighted by molar-refractivity contribution is -0.142. The number of benzene rings is 4. The standard InChI is InChI=1S/C28H22N2O3/c1-33-28(32)26(30-27(31)21-15-20-10-4-7-13-25(20)29-17-21)16-24-22-11-5-2-8-18(22)14-19-9-3-6-12-23(19)24/h2-15,17,26H,16H2,1H3,(H,30,31)/t26-/m0/s1. The zero-order valence-corrected chi connectivity index (χ0v) is 18.1. The lowest BCUT2D eigenvalue weighted by Crippen LogP contribution is -2.43. The molecule has 0 aliphatic heterocycles. The molecule has 5 rings (SSSR count). The van der Waals surface area contributed by atoms with Crippen molar-refractivity contribution in [2.75, 3.05) is 7.11 Å². The molecule has 0 aliphatic rings. The van der Waals surface area contributed by atoms with Crippen LogP contribution in [0, 0.1) is 0 Å². The summed E-state index contributed by atoms with van der Waals surface area (Å²) in [5, 5.41) is 8.00. The van der Waals surface area contributed by atoms with E-state index in [-0.39, 0.29) is 5.91 Å². The first-order chi connectivity index (χ1) is 16.1. The second kappa shape index (κ2) is 8.71. The van der Waals surface area contributed by atoms with E-state index in [1.54, 1.807) is 6.07 Å². The fourth-order valence-corrected chi connectivity index (χ4v) is 4.30. The lowest BCUT2D eigenvalue weighted by Gasteiger charge is -2.19. The van der Waals surface area contributed by atoms with Crippen LogP contribution < -0.4 is 5.32 Å². The predicted octanol–water partition coefficient (Wildman–Crippen LogP) is 5.06. The quantitative estimate of drug-likeness (QED) is 0.310. The fraction of sp³-hybridized carbons (Fsp3) is 0.107. The minimum atomic E-state index is -0.844. The van der Waals surface area contributed by atoms with Crippen molar-refractivity contribution in [1.82, 2.24) is 10.3 Å². The summed E-state index contributed by atoms with van der Waals surface area (Å²) in [6.07, 6.45) is 1.83. The molecule has 1 heterocycles. The van der Waals surface area contributed by atoms with Crippen LogP contribution in [-0.2, 0) is 16.0 Å². The van der Waals surface area contributed by atoms with E-state index in [0.717, 1.165) is 38.0 Å². The number of hydrogen-bond acceptors (Lipinski definition) is 4. The Kier molecular flexibility index (Phi) is 5.45. The lowest BCUT2D eigenvalue weighted by atomic mass is 9.92. The molecule has 5 aromatic rings. The summed E-state index contributed by atoms with van der Waals surface area (Å²) < 4.78 is 5.05. The van der Waals surface area contributed by atoms with E-state index in [4.69, 9.17) is 4.74 Å². The molecule has 1 atom stereocenters. The predicted molar refractivity (Wildman–Crippen MR) is 130 cm³/mol. The molecule has 1 amide bonds. The van der Waals surface area contributed by atoms with Gasteiger partial charge in [0.15, 0.2) is 0 Å². The maximum atomic E-state index is 13.1. The Morgan fingerprint density at radius 1 is 0.848 bits per heavy atom. The number of fused-ring (bicyclic) bond motifs is 3. The molecule has 5 heteroatoms. The molecule has 33 heavy (non-hydrogen) atoms. The van der Waals surface area contributed by atoms with Crippen molar-refractivity contribution >= 4 is 44.3 Å². The molecule has 0 unspecified atom stereocenters. The number of nitrogens with one attached hydrogen (secondary N) is 1. The highest BCUT2D eigenvalue weighted by Crippen LogP contribution is 2.29. The first-order valence-corrected chi connectivity index (χ1v) is 10.8. The zero-order chi connectivity index (χ0) is 22.8. The van der Waals surface area contributed by atoms with E-state index in [1.807, 2.05) is 60.7 Å². The molecule has 5 nitrogen and oxygen atoms in total. The Hall–Kier alpha value is -4.25. The van der Waals surface area contributed by atoms with Crippen molar-refractivity contribution in [2.24, 2.45) is 0 Å². The zero-order valence-electron chi connectivity index (χ0n) is 18.1. The molecule has 0 spiro atoms. The summed E-state index contributed by atoms with van der Waals surface area (Å²) in [6.45, 7) is 0. The third-order valence-corrected chi connectivity index (χ3v) is 5.93. The van der Waals surface area contributed by atoms with Crippen LogP contribution >= 0.6 is 0 Å². The molecule has 0 aliphatic carbocycles. The van der Waals surface area contributed by atoms with Gasteiger partial charge in [-0.15, -0.1) is 0 Å². The average Bonchev–Trinajstić information content (AvgIpc) is 2.87. The second-order valence-electron chi connectivity index (χ2n) is 7.97. The number of esters is 1. The number of carbonyl (C=O) groups excluding carboxylic acids is 2. The smallest absolute Gasteiger partial charge is 0.328 e. The van der Waals surface area contributed by atoms with Gasteiger partial charge in [0, 0.05) is 18.0 Å². The summed E-state index contributed by atoms with van der Waals surface area (Å²) in [7, 11) is 1.33. The summed E-state index contributed by atoms with van der Waals surface area (Å²) >= 11 is 0. The van der Waals surface area contributed by atoms with Crippen molar-refractivity contribution in [3.63, 3.8) is 0 Å². The summed E-state index contributed by atoms with van der Waals surface area (Å²) in [4.78, 5) is 30.2. The second-order valence-corrected chi connectivity index (χ2v) is 7.97. The number of amides is 1. The van der Waals surface area contributed by atoms with Gasteiger partial charge in [0.2, 0.25) is 0 Å². The highest BCUT2D eigenvalue weighted by molar-refractivity contribution is 6.03. The van der Waals surface area contributed by atoms with Crippen LogP contribution in [0.1, 0.15) is 15.9 Å². The molecule has 0 saturated heterocycles. The van der Waals surface area contributed by atoms with Crippen LogP contribution in [0.25, 0.3) is 32.4 Å². The van der Waals surface area contributed by atoms with E-state index in [9.17, 15) is 9.59 Å². The van der Waals surface area contributed by atoms with E-state index in [1.165, 1.54) is 13.3 Å². The molecule has 0 saturated carbocycles. The van der Waals surface area contributed by atoms with Gasteiger partial charge in [-0.2, -0.15) is 0 Å². The first-order valence-electron chi connectivity index (χ1n) is 10.8. The van der Waals surface area contributed by atoms with Crippen LogP contribution in [0.2, 0.25) is 0 Å². The minimum absolute atomic E-state index is 0.307. The number of hydrogen-bond donors (Lipinski definition) is 1. The number of para-hydroxylation sites is 1. The van der Waals surface area contributed by atoms with Gasteiger partial charge in [-0.25, -0.2) is 4.79 Å². The van der Waals surface area contributed by atoms with Gasteiger partial charge < -0.3 is 10.1 Å². The van der Waals surface area contributed by atoms with E-state index in [2.05, 4.69) is 28.5 Å². The number of ether oxygens (including phenoxy) is 1. The van der Waals surface area contributed by atoms with E-state index in [0.29, 0.717) is 12.0 Å². The number of carbonyl (C=O) groups is 2. The molecular weight excluding hydrogens is 412 g/mol. The van der Waals surface area contributed by atoms with Crippen LogP contribution in [0.3, 0.4) is 0 Å². The summed E-state index contributed by atoms with van der Waals surface area (Å²) in [6, 6.07) is 26.8. The van der Waals surface area contributed by atoms with Crippen LogP contribution in [0.5, 0.6) is 0 Å². The largest absolute Gasteiger partial charge is 0.467 e. The normalized spacial score (nSPS) is 12.0. The Labute approximate surface area is 191 Å². The minimum Gasteiger partial charge on any atom is -0.467 e. The highest BCUT2D eigenvalue weighted by Gasteiger charge is 2.25. The number of pyridine rings is 1. The topological polar surface area (TPSA) is 68.3 Å². The molecule has 0 bridgehead atoms. The van der Waals surface area contributed by atoms with Crippen LogP contribution in [0.15, 0.2) is 91.1 Å². The van der Waals surface area contributed by atoms with Crippen molar-refractivity contribution in [3.8, 4) is 0 Å². The van der Waals surface area contributed by atoms with Gasteiger partial charge in [-0.3, -0.25) is 9.78 Å². The third-order valence-electron chi connectivity index (χ3n) is 5.93. The summed E-state index contributed by atoms with van der Waals surface area (Å²) in [5.41, 5.74) is 2.20. The highest BCUT2D eigenvalue weighted by atomic mass is 16.5. The maximum Gasteiger partial charge on any atom is 0.328 e. The Balaban J connectivity index is 1.53. The van der Waals surface area contributed by atoms with Crippen molar-refractivity contribution in [3.05, 3.63) is 102 Å². The number of methoxy groups -OCH3 is 1. The van der Waals surface area contributed by atoms with E-state index >= 15 is 0 Å². The molecular formula is C28H22N2O3. The van der Waals surface area contributed by atoms with Crippen LogP contribution in [0.4, 0.5) is 0 Å². The number of rotatable bonds is 5. The molecule has 162 valence electrons. The van der Waals surface area contributed by atoms with Gasteiger partial charge in [0.05, 0.1) is 18.2 Å². The Morgan fingerprint density at radius 2 is 1.45 bits per heavy atom.